The van der Waals surface area contributed by atoms with Crippen LogP contribution in [0, 0.1) is 10.1 Å². The molecule has 3 rings (SSSR count). The van der Waals surface area contributed by atoms with Crippen LogP contribution in [-0.2, 0) is 9.47 Å². The van der Waals surface area contributed by atoms with E-state index in [1.807, 2.05) is 20.8 Å². The van der Waals surface area contributed by atoms with Gasteiger partial charge in [0, 0.05) is 12.2 Å². The molecular weight excluding hydrogens is 478 g/mol. The minimum absolute atomic E-state index is 0.0660. The van der Waals surface area contributed by atoms with Gasteiger partial charge in [0.05, 0.1) is 31.6 Å². The highest BCUT2D eigenvalue weighted by Gasteiger charge is 2.38. The van der Waals surface area contributed by atoms with E-state index >= 15 is 0 Å². The minimum Gasteiger partial charge on any atom is -0.501 e. The molecular formula is C31H51N3O4. The topological polar surface area (TPSA) is 76.9 Å². The van der Waals surface area contributed by atoms with Gasteiger partial charge in [-0.15, -0.1) is 5.43 Å². The molecule has 2 fully saturated rings. The van der Waals surface area contributed by atoms with Crippen LogP contribution in [0.25, 0.3) is 0 Å². The molecule has 2 atom stereocenters. The third-order valence-corrected chi connectivity index (χ3v) is 7.89. The molecule has 1 aromatic rings. The van der Waals surface area contributed by atoms with Crippen LogP contribution < -0.4 is 5.43 Å². The lowest BCUT2D eigenvalue weighted by Crippen LogP contribution is -2.47. The van der Waals surface area contributed by atoms with Gasteiger partial charge < -0.3 is 14.4 Å². The Kier molecular flexibility index (Phi) is 14.3. The first-order valence-corrected chi connectivity index (χ1v) is 14.7. The highest BCUT2D eigenvalue weighted by atomic mass is 16.7. The Morgan fingerprint density at radius 1 is 1.13 bits per heavy atom. The predicted octanol–water partition coefficient (Wildman–Crippen LogP) is 7.38. The number of nitro groups is 1. The fraction of sp³-hybridized carbons (Fsp3) is 0.677. The number of hydrazine groups is 1. The summed E-state index contributed by atoms with van der Waals surface area (Å²) >= 11 is 0. The number of rotatable bonds is 13. The summed E-state index contributed by atoms with van der Waals surface area (Å²) in [7, 11) is 1.72. The van der Waals surface area contributed by atoms with E-state index < -0.39 is 5.03 Å². The van der Waals surface area contributed by atoms with Gasteiger partial charge in [-0.05, 0) is 81.4 Å². The van der Waals surface area contributed by atoms with Crippen molar-refractivity contribution in [1.29, 1.82) is 0 Å². The summed E-state index contributed by atoms with van der Waals surface area (Å²) in [6.45, 7) is 11.7. The largest absolute Gasteiger partial charge is 0.501 e. The van der Waals surface area contributed by atoms with Crippen LogP contribution in [0.4, 0.5) is 0 Å². The number of hydrogen-bond acceptors (Lipinski definition) is 5. The first kappa shape index (κ1) is 31.7. The Morgan fingerprint density at radius 3 is 2.39 bits per heavy atom. The third kappa shape index (κ3) is 9.33. The number of unbranched alkanes of at least 4 members (excludes halogenated alkanes) is 1. The van der Waals surface area contributed by atoms with E-state index in [4.69, 9.17) is 9.47 Å². The van der Waals surface area contributed by atoms with Crippen LogP contribution in [-0.4, -0.2) is 48.4 Å². The first-order chi connectivity index (χ1) is 18.5. The second-order valence-corrected chi connectivity index (χ2v) is 10.1. The molecule has 0 amide bonds. The second kappa shape index (κ2) is 17.1. The summed E-state index contributed by atoms with van der Waals surface area (Å²) in [6.07, 6.45) is 11.6. The summed E-state index contributed by atoms with van der Waals surface area (Å²) < 4.78 is 12.0. The van der Waals surface area contributed by atoms with Crippen molar-refractivity contribution in [1.82, 2.24) is 10.3 Å². The Labute approximate surface area is 230 Å². The SMILES string of the molecule is CC.CCCCC(/C=C(\CC)N1CCC(N[N+](=O)[O-])C1COC1CCC(c2ccccc2)CC1)=C(/C)OC. The number of methoxy groups -OCH3 is 1. The highest BCUT2D eigenvalue weighted by Crippen LogP contribution is 2.35. The van der Waals surface area contributed by atoms with Crippen molar-refractivity contribution in [2.45, 2.75) is 117 Å². The van der Waals surface area contributed by atoms with Crippen molar-refractivity contribution in [3.63, 3.8) is 0 Å². The van der Waals surface area contributed by atoms with Gasteiger partial charge in [0.1, 0.15) is 6.04 Å². The molecule has 7 nitrogen and oxygen atoms in total. The lowest BCUT2D eigenvalue weighted by molar-refractivity contribution is -0.551. The fourth-order valence-corrected chi connectivity index (χ4v) is 5.66. The van der Waals surface area contributed by atoms with Crippen molar-refractivity contribution in [3.05, 3.63) is 69.1 Å². The number of ether oxygens (including phenoxy) is 2. The predicted molar refractivity (Wildman–Crippen MR) is 155 cm³/mol. The average molecular weight is 530 g/mol. The van der Waals surface area contributed by atoms with Crippen LogP contribution in [0.2, 0.25) is 0 Å². The molecule has 0 bridgehead atoms. The Hall–Kier alpha value is -2.54. The molecule has 214 valence electrons. The molecule has 1 aliphatic carbocycles. The van der Waals surface area contributed by atoms with Crippen molar-refractivity contribution in [2.24, 2.45) is 0 Å². The molecule has 1 N–H and O–H groups in total. The zero-order chi connectivity index (χ0) is 27.9. The summed E-state index contributed by atoms with van der Waals surface area (Å²) in [5.41, 5.74) is 6.41. The van der Waals surface area contributed by atoms with Gasteiger partial charge in [0.15, 0.2) is 5.03 Å². The minimum atomic E-state index is -0.400. The van der Waals surface area contributed by atoms with Crippen molar-refractivity contribution in [3.8, 4) is 0 Å². The lowest BCUT2D eigenvalue weighted by atomic mass is 9.83. The molecule has 7 heteroatoms. The Bertz CT molecular complexity index is 878. The van der Waals surface area contributed by atoms with Gasteiger partial charge >= 0.3 is 0 Å². The maximum atomic E-state index is 11.3. The molecule has 1 saturated carbocycles. The summed E-state index contributed by atoms with van der Waals surface area (Å²) in [4.78, 5) is 13.7. The second-order valence-electron chi connectivity index (χ2n) is 10.1. The van der Waals surface area contributed by atoms with Gasteiger partial charge in [-0.25, -0.2) is 10.1 Å². The summed E-state index contributed by atoms with van der Waals surface area (Å²) in [5.74, 6) is 1.54. The molecule has 1 saturated heterocycles. The standard InChI is InChI=1S/C29H45N3O4.C2H6/c1-5-7-11-25(22(3)35-4)20-26(6-2)31-19-18-28(30-32(33)34)29(31)21-36-27-16-14-24(15-17-27)23-12-9-8-10-13-23;1-2/h8-10,12-13,20,24,27-30H,5-7,11,14-19,21H2,1-4H3;1-2H3/b25-22+,26-20+;. The van der Waals surface area contributed by atoms with Gasteiger partial charge in [0.25, 0.3) is 0 Å². The molecule has 1 aromatic carbocycles. The maximum Gasteiger partial charge on any atom is 0.157 e. The number of likely N-dealkylation sites (tertiary alicyclic amines) is 1. The molecule has 38 heavy (non-hydrogen) atoms. The first-order valence-electron chi connectivity index (χ1n) is 14.7. The Balaban J connectivity index is 0.00000247. The average Bonchev–Trinajstić information content (AvgIpc) is 3.34. The number of hydrogen-bond donors (Lipinski definition) is 1. The van der Waals surface area contributed by atoms with Crippen LogP contribution in [0.1, 0.15) is 104 Å². The van der Waals surface area contributed by atoms with Crippen molar-refractivity contribution >= 4 is 0 Å². The van der Waals surface area contributed by atoms with Crippen LogP contribution >= 0.6 is 0 Å². The van der Waals surface area contributed by atoms with E-state index in [1.54, 1.807) is 7.11 Å². The van der Waals surface area contributed by atoms with E-state index in [-0.39, 0.29) is 18.2 Å². The molecule has 0 aromatic heterocycles. The van der Waals surface area contributed by atoms with Crippen molar-refractivity contribution in [2.75, 3.05) is 20.3 Å². The fourth-order valence-electron chi connectivity index (χ4n) is 5.66. The van der Waals surface area contributed by atoms with Gasteiger partial charge in [-0.1, -0.05) is 64.4 Å². The number of benzene rings is 1. The normalized spacial score (nSPS) is 24.3. The molecule has 1 heterocycles. The van der Waals surface area contributed by atoms with Crippen LogP contribution in [0.15, 0.2) is 53.4 Å². The van der Waals surface area contributed by atoms with Crippen LogP contribution in [0.5, 0.6) is 0 Å². The monoisotopic (exact) mass is 529 g/mol. The number of nitrogens with zero attached hydrogens (tertiary/aromatic N) is 2. The quantitative estimate of drug-likeness (QED) is 0.124. The van der Waals surface area contributed by atoms with Crippen LogP contribution in [0.3, 0.4) is 0 Å². The van der Waals surface area contributed by atoms with E-state index in [0.29, 0.717) is 12.5 Å². The number of allylic oxidation sites excluding steroid dienone is 4. The van der Waals surface area contributed by atoms with Crippen molar-refractivity contribution < 1.29 is 14.5 Å². The third-order valence-electron chi connectivity index (χ3n) is 7.89. The van der Waals surface area contributed by atoms with E-state index in [0.717, 1.165) is 70.1 Å². The Morgan fingerprint density at radius 2 is 1.82 bits per heavy atom. The van der Waals surface area contributed by atoms with E-state index in [1.165, 1.54) is 16.8 Å². The molecule has 0 radical (unpaired) electrons. The lowest BCUT2D eigenvalue weighted by Gasteiger charge is -2.34. The van der Waals surface area contributed by atoms with E-state index in [2.05, 4.69) is 60.6 Å². The summed E-state index contributed by atoms with van der Waals surface area (Å²) in [5, 5.41) is 10.9. The zero-order valence-electron chi connectivity index (χ0n) is 24.6. The van der Waals surface area contributed by atoms with Gasteiger partial charge in [-0.3, -0.25) is 0 Å². The smallest absolute Gasteiger partial charge is 0.157 e. The zero-order valence-corrected chi connectivity index (χ0v) is 24.6. The van der Waals surface area contributed by atoms with Gasteiger partial charge in [-0.2, -0.15) is 0 Å². The summed E-state index contributed by atoms with van der Waals surface area (Å²) in [6, 6.07) is 10.5. The molecule has 1 aliphatic heterocycles. The highest BCUT2D eigenvalue weighted by molar-refractivity contribution is 5.27. The van der Waals surface area contributed by atoms with E-state index in [9.17, 15) is 10.1 Å². The molecule has 2 aliphatic rings. The maximum absolute atomic E-state index is 11.3. The number of nitrogens with one attached hydrogen (secondary N) is 1. The molecule has 0 spiro atoms. The molecule has 2 unspecified atom stereocenters. The van der Waals surface area contributed by atoms with Gasteiger partial charge in [0.2, 0.25) is 0 Å².